The van der Waals surface area contributed by atoms with Gasteiger partial charge in [-0.1, -0.05) is 6.07 Å². The Labute approximate surface area is 143 Å². The van der Waals surface area contributed by atoms with E-state index < -0.39 is 0 Å². The Bertz CT molecular complexity index is 920. The van der Waals surface area contributed by atoms with Crippen molar-refractivity contribution in [2.24, 2.45) is 0 Å². The van der Waals surface area contributed by atoms with Gasteiger partial charge >= 0.3 is 5.97 Å². The molecule has 0 N–H and O–H groups in total. The van der Waals surface area contributed by atoms with Gasteiger partial charge in [0.15, 0.2) is 0 Å². The van der Waals surface area contributed by atoms with Crippen molar-refractivity contribution < 1.29 is 14.3 Å². The minimum Gasteiger partial charge on any atom is -0.465 e. The molecule has 1 aliphatic rings. The number of benzene rings is 1. The lowest BCUT2D eigenvalue weighted by atomic mass is 9.97. The van der Waals surface area contributed by atoms with Crippen LogP contribution in [0.3, 0.4) is 0 Å². The Morgan fingerprint density at radius 2 is 2.08 bits per heavy atom. The molecule has 2 heterocycles. The summed E-state index contributed by atoms with van der Waals surface area (Å²) in [4.78, 5) is 22.8. The summed E-state index contributed by atoms with van der Waals surface area (Å²) < 4.78 is 10.8. The molecule has 0 bridgehead atoms. The second-order valence-electron chi connectivity index (χ2n) is 5.69. The number of ether oxygens (including phenoxy) is 2. The van der Waals surface area contributed by atoms with E-state index in [0.717, 1.165) is 23.1 Å². The second-order valence-corrected chi connectivity index (χ2v) is 6.77. The van der Waals surface area contributed by atoms with Crippen molar-refractivity contribution in [2.75, 3.05) is 7.11 Å². The van der Waals surface area contributed by atoms with Gasteiger partial charge in [0.05, 0.1) is 18.1 Å². The maximum atomic E-state index is 11.7. The van der Waals surface area contributed by atoms with Crippen LogP contribution in [0.1, 0.15) is 33.6 Å². The van der Waals surface area contributed by atoms with Gasteiger partial charge in [0.1, 0.15) is 16.9 Å². The van der Waals surface area contributed by atoms with Crippen LogP contribution in [-0.2, 0) is 17.6 Å². The molecule has 0 saturated heterocycles. The highest BCUT2D eigenvalue weighted by atomic mass is 32.1. The molecule has 122 valence electrons. The standard InChI is InChI=1S/C18H16N2O3S/c1-22-18(21)11-5-4-6-12(9-11)23-16-15-13-7-2-3-8-14(13)24-17(15)20-10-19-16/h4-6,9-10H,2-3,7-8H2,1H3. The number of rotatable bonds is 3. The fraction of sp³-hybridized carbons (Fsp3) is 0.278. The van der Waals surface area contributed by atoms with Crippen molar-refractivity contribution in [1.82, 2.24) is 9.97 Å². The number of esters is 1. The average Bonchev–Trinajstić information content (AvgIpc) is 3.01. The molecule has 0 radical (unpaired) electrons. The van der Waals surface area contributed by atoms with E-state index >= 15 is 0 Å². The summed E-state index contributed by atoms with van der Waals surface area (Å²) in [6.07, 6.45) is 6.09. The van der Waals surface area contributed by atoms with E-state index in [2.05, 4.69) is 9.97 Å². The van der Waals surface area contributed by atoms with Gasteiger partial charge in [-0.25, -0.2) is 14.8 Å². The van der Waals surface area contributed by atoms with Crippen LogP contribution in [0.5, 0.6) is 11.6 Å². The molecule has 0 spiro atoms. The Kier molecular flexibility index (Phi) is 3.90. The summed E-state index contributed by atoms with van der Waals surface area (Å²) in [6, 6.07) is 6.93. The molecule has 0 saturated carbocycles. The first kappa shape index (κ1) is 15.1. The van der Waals surface area contributed by atoms with Gasteiger partial charge in [-0.3, -0.25) is 0 Å². The molecule has 0 unspecified atom stereocenters. The van der Waals surface area contributed by atoms with Gasteiger partial charge in [-0.2, -0.15) is 0 Å². The number of carbonyl (C=O) groups is 1. The van der Waals surface area contributed by atoms with Crippen molar-refractivity contribution in [3.05, 3.63) is 46.6 Å². The summed E-state index contributed by atoms with van der Waals surface area (Å²) in [5, 5.41) is 1.01. The number of aromatic nitrogens is 2. The van der Waals surface area contributed by atoms with Crippen molar-refractivity contribution in [2.45, 2.75) is 25.7 Å². The highest BCUT2D eigenvalue weighted by molar-refractivity contribution is 7.18. The minimum atomic E-state index is -0.388. The van der Waals surface area contributed by atoms with Crippen LogP contribution in [0.2, 0.25) is 0 Å². The number of carbonyl (C=O) groups excluding carboxylic acids is 1. The number of hydrogen-bond acceptors (Lipinski definition) is 6. The smallest absolute Gasteiger partial charge is 0.337 e. The van der Waals surface area contributed by atoms with E-state index in [1.807, 2.05) is 0 Å². The third kappa shape index (κ3) is 2.63. The lowest BCUT2D eigenvalue weighted by Crippen LogP contribution is -2.01. The van der Waals surface area contributed by atoms with Crippen LogP contribution in [-0.4, -0.2) is 23.0 Å². The van der Waals surface area contributed by atoms with E-state index in [4.69, 9.17) is 9.47 Å². The highest BCUT2D eigenvalue weighted by Gasteiger charge is 2.21. The van der Waals surface area contributed by atoms with Crippen LogP contribution in [0, 0.1) is 0 Å². The number of thiophene rings is 1. The summed E-state index contributed by atoms with van der Waals surface area (Å²) >= 11 is 1.73. The van der Waals surface area contributed by atoms with Crippen LogP contribution < -0.4 is 4.74 Å². The maximum absolute atomic E-state index is 11.7. The number of methoxy groups -OCH3 is 1. The Morgan fingerprint density at radius 3 is 2.96 bits per heavy atom. The van der Waals surface area contributed by atoms with Crippen LogP contribution in [0.4, 0.5) is 0 Å². The predicted octanol–water partition coefficient (Wildman–Crippen LogP) is 4.15. The topological polar surface area (TPSA) is 61.3 Å². The lowest BCUT2D eigenvalue weighted by molar-refractivity contribution is 0.0600. The summed E-state index contributed by atoms with van der Waals surface area (Å²) in [7, 11) is 1.36. The van der Waals surface area contributed by atoms with E-state index in [0.29, 0.717) is 17.2 Å². The van der Waals surface area contributed by atoms with Gasteiger partial charge in [0.25, 0.3) is 0 Å². The van der Waals surface area contributed by atoms with Gasteiger partial charge in [0.2, 0.25) is 5.88 Å². The second kappa shape index (κ2) is 6.20. The maximum Gasteiger partial charge on any atom is 0.337 e. The first-order valence-corrected chi connectivity index (χ1v) is 8.69. The largest absolute Gasteiger partial charge is 0.465 e. The van der Waals surface area contributed by atoms with Gasteiger partial charge in [-0.05, 0) is 49.4 Å². The van der Waals surface area contributed by atoms with Crippen molar-refractivity contribution in [3.8, 4) is 11.6 Å². The zero-order valence-corrected chi connectivity index (χ0v) is 14.1. The molecule has 2 aromatic heterocycles. The predicted molar refractivity (Wildman–Crippen MR) is 91.9 cm³/mol. The fourth-order valence-corrected chi connectivity index (χ4v) is 4.27. The zero-order valence-electron chi connectivity index (χ0n) is 13.2. The lowest BCUT2D eigenvalue weighted by Gasteiger charge is -2.12. The average molecular weight is 340 g/mol. The monoisotopic (exact) mass is 340 g/mol. The highest BCUT2D eigenvalue weighted by Crippen LogP contribution is 2.40. The summed E-state index contributed by atoms with van der Waals surface area (Å²) in [6.45, 7) is 0. The Morgan fingerprint density at radius 1 is 1.21 bits per heavy atom. The molecule has 1 aliphatic carbocycles. The van der Waals surface area contributed by atoms with E-state index in [1.54, 1.807) is 35.6 Å². The number of aryl methyl sites for hydroxylation is 2. The van der Waals surface area contributed by atoms with E-state index in [1.165, 1.54) is 36.7 Å². The molecular formula is C18H16N2O3S. The van der Waals surface area contributed by atoms with Gasteiger partial charge in [0, 0.05) is 4.88 Å². The number of fused-ring (bicyclic) bond motifs is 3. The molecule has 5 nitrogen and oxygen atoms in total. The van der Waals surface area contributed by atoms with E-state index in [9.17, 15) is 4.79 Å². The molecule has 3 aromatic rings. The Hall–Kier alpha value is -2.47. The number of hydrogen-bond donors (Lipinski definition) is 0. The normalized spacial score (nSPS) is 13.5. The van der Waals surface area contributed by atoms with Crippen LogP contribution in [0.25, 0.3) is 10.2 Å². The molecule has 1 aromatic carbocycles. The molecule has 24 heavy (non-hydrogen) atoms. The molecule has 0 fully saturated rings. The molecule has 4 rings (SSSR count). The quantitative estimate of drug-likeness (QED) is 0.670. The van der Waals surface area contributed by atoms with Crippen LogP contribution in [0.15, 0.2) is 30.6 Å². The van der Waals surface area contributed by atoms with Gasteiger partial charge < -0.3 is 9.47 Å². The first-order valence-electron chi connectivity index (χ1n) is 7.88. The Balaban J connectivity index is 1.75. The SMILES string of the molecule is COC(=O)c1cccc(Oc2ncnc3sc4c(c23)CCCC4)c1. The number of nitrogens with zero attached hydrogens (tertiary/aromatic N) is 2. The third-order valence-corrected chi connectivity index (χ3v) is 5.39. The zero-order chi connectivity index (χ0) is 16.5. The van der Waals surface area contributed by atoms with Crippen molar-refractivity contribution in [1.29, 1.82) is 0 Å². The van der Waals surface area contributed by atoms with Crippen LogP contribution >= 0.6 is 11.3 Å². The summed E-state index contributed by atoms with van der Waals surface area (Å²) in [5.74, 6) is 0.733. The van der Waals surface area contributed by atoms with Crippen molar-refractivity contribution >= 4 is 27.5 Å². The van der Waals surface area contributed by atoms with E-state index in [-0.39, 0.29) is 5.97 Å². The van der Waals surface area contributed by atoms with Gasteiger partial charge in [-0.15, -0.1) is 11.3 Å². The molecule has 0 aliphatic heterocycles. The molecule has 0 amide bonds. The summed E-state index contributed by atoms with van der Waals surface area (Å²) in [5.41, 5.74) is 1.77. The molecule has 0 atom stereocenters. The molecule has 6 heteroatoms. The fourth-order valence-electron chi connectivity index (χ4n) is 3.05. The first-order chi connectivity index (χ1) is 11.8. The van der Waals surface area contributed by atoms with Crippen molar-refractivity contribution in [3.63, 3.8) is 0 Å². The minimum absolute atomic E-state index is 0.388. The third-order valence-electron chi connectivity index (χ3n) is 4.19. The molecular weight excluding hydrogens is 324 g/mol.